The number of ether oxygens (including phenoxy) is 1. The summed E-state index contributed by atoms with van der Waals surface area (Å²) in [7, 11) is 1.87. The molecule has 0 aliphatic heterocycles. The number of benzene rings is 1. The van der Waals surface area contributed by atoms with Gasteiger partial charge in [0.15, 0.2) is 5.75 Å². The molecule has 4 nitrogen and oxygen atoms in total. The molecule has 1 heterocycles. The summed E-state index contributed by atoms with van der Waals surface area (Å²) in [6.07, 6.45) is 4.67. The van der Waals surface area contributed by atoms with Gasteiger partial charge in [0, 0.05) is 17.6 Å². The first-order valence-electron chi connectivity index (χ1n) is 6.79. The van der Waals surface area contributed by atoms with Crippen molar-refractivity contribution in [3.8, 4) is 11.5 Å². The number of rotatable bonds is 6. The van der Waals surface area contributed by atoms with Crippen molar-refractivity contribution in [1.82, 2.24) is 15.1 Å². The van der Waals surface area contributed by atoms with Crippen LogP contribution in [0, 0.1) is 0 Å². The van der Waals surface area contributed by atoms with Crippen molar-refractivity contribution in [2.24, 2.45) is 7.05 Å². The molecule has 0 amide bonds. The average molecular weight is 338 g/mol. The van der Waals surface area contributed by atoms with E-state index in [0.717, 1.165) is 28.9 Å². The predicted octanol–water partition coefficient (Wildman–Crippen LogP) is 4.04. The summed E-state index contributed by atoms with van der Waals surface area (Å²) in [4.78, 5) is 0. The molecule has 0 bridgehead atoms. The van der Waals surface area contributed by atoms with Gasteiger partial charge in [0.1, 0.15) is 5.75 Å². The maximum Gasteiger partial charge on any atom is 0.165 e. The SMILES string of the molecule is CCCNC(C)c1ccc(Oc2cnn(C)c2)cc1Br. The van der Waals surface area contributed by atoms with E-state index < -0.39 is 0 Å². The molecule has 1 aromatic carbocycles. The van der Waals surface area contributed by atoms with Crippen LogP contribution in [0.5, 0.6) is 11.5 Å². The van der Waals surface area contributed by atoms with E-state index in [1.165, 1.54) is 5.56 Å². The number of halogens is 1. The molecule has 0 radical (unpaired) electrons. The van der Waals surface area contributed by atoms with E-state index in [1.807, 2.05) is 25.4 Å². The Morgan fingerprint density at radius 3 is 2.80 bits per heavy atom. The maximum absolute atomic E-state index is 5.76. The number of hydrogen-bond acceptors (Lipinski definition) is 3. The molecule has 0 saturated carbocycles. The largest absolute Gasteiger partial charge is 0.454 e. The second-order valence-electron chi connectivity index (χ2n) is 4.81. The van der Waals surface area contributed by atoms with E-state index in [2.05, 4.69) is 46.3 Å². The fourth-order valence-corrected chi connectivity index (χ4v) is 2.68. The number of nitrogens with zero attached hydrogens (tertiary/aromatic N) is 2. The molecular weight excluding hydrogens is 318 g/mol. The minimum Gasteiger partial charge on any atom is -0.454 e. The molecule has 1 aromatic heterocycles. The molecule has 108 valence electrons. The fraction of sp³-hybridized carbons (Fsp3) is 0.400. The summed E-state index contributed by atoms with van der Waals surface area (Å²) in [5.41, 5.74) is 1.23. The first-order chi connectivity index (χ1) is 9.60. The average Bonchev–Trinajstić information content (AvgIpc) is 2.81. The summed E-state index contributed by atoms with van der Waals surface area (Å²) in [5, 5.41) is 7.56. The van der Waals surface area contributed by atoms with Gasteiger partial charge in [-0.25, -0.2) is 0 Å². The Morgan fingerprint density at radius 2 is 2.20 bits per heavy atom. The first-order valence-corrected chi connectivity index (χ1v) is 7.58. The van der Waals surface area contributed by atoms with Crippen LogP contribution < -0.4 is 10.1 Å². The number of aryl methyl sites for hydroxylation is 1. The second kappa shape index (κ2) is 6.90. The van der Waals surface area contributed by atoms with E-state index in [0.29, 0.717) is 6.04 Å². The molecule has 0 fully saturated rings. The molecule has 1 N–H and O–H groups in total. The lowest BCUT2D eigenvalue weighted by Gasteiger charge is -2.16. The van der Waals surface area contributed by atoms with Crippen molar-refractivity contribution in [1.29, 1.82) is 0 Å². The highest BCUT2D eigenvalue weighted by Crippen LogP contribution is 2.30. The lowest BCUT2D eigenvalue weighted by atomic mass is 10.1. The molecule has 0 saturated heterocycles. The summed E-state index contributed by atoms with van der Waals surface area (Å²) < 4.78 is 8.53. The third kappa shape index (κ3) is 3.84. The van der Waals surface area contributed by atoms with Gasteiger partial charge in [-0.3, -0.25) is 4.68 Å². The van der Waals surface area contributed by atoms with E-state index >= 15 is 0 Å². The molecule has 20 heavy (non-hydrogen) atoms. The van der Waals surface area contributed by atoms with Crippen molar-refractivity contribution in [3.05, 3.63) is 40.6 Å². The Bertz CT molecular complexity index is 568. The van der Waals surface area contributed by atoms with Crippen molar-refractivity contribution in [3.63, 3.8) is 0 Å². The highest BCUT2D eigenvalue weighted by molar-refractivity contribution is 9.10. The molecule has 2 aromatic rings. The van der Waals surface area contributed by atoms with Crippen LogP contribution in [0.25, 0.3) is 0 Å². The van der Waals surface area contributed by atoms with E-state index in [1.54, 1.807) is 10.9 Å². The monoisotopic (exact) mass is 337 g/mol. The van der Waals surface area contributed by atoms with Crippen molar-refractivity contribution < 1.29 is 4.74 Å². The molecule has 5 heteroatoms. The predicted molar refractivity (Wildman–Crippen MR) is 84.1 cm³/mol. The van der Waals surface area contributed by atoms with Crippen LogP contribution >= 0.6 is 15.9 Å². The highest BCUT2D eigenvalue weighted by atomic mass is 79.9. The molecule has 1 unspecified atom stereocenters. The Labute approximate surface area is 128 Å². The Hall–Kier alpha value is -1.33. The minimum absolute atomic E-state index is 0.316. The molecule has 2 rings (SSSR count). The third-order valence-corrected chi connectivity index (χ3v) is 3.74. The zero-order valence-electron chi connectivity index (χ0n) is 12.1. The minimum atomic E-state index is 0.316. The van der Waals surface area contributed by atoms with Crippen LogP contribution in [0.3, 0.4) is 0 Å². The maximum atomic E-state index is 5.76. The van der Waals surface area contributed by atoms with Gasteiger partial charge in [-0.1, -0.05) is 28.9 Å². The number of nitrogens with one attached hydrogen (secondary N) is 1. The highest BCUT2D eigenvalue weighted by Gasteiger charge is 2.10. The summed E-state index contributed by atoms with van der Waals surface area (Å²) in [6, 6.07) is 6.38. The van der Waals surface area contributed by atoms with Crippen LogP contribution in [0.2, 0.25) is 0 Å². The molecule has 1 atom stereocenters. The van der Waals surface area contributed by atoms with Crippen LogP contribution in [0.1, 0.15) is 31.9 Å². The number of hydrogen-bond donors (Lipinski definition) is 1. The van der Waals surface area contributed by atoms with Gasteiger partial charge in [0.2, 0.25) is 0 Å². The van der Waals surface area contributed by atoms with Gasteiger partial charge in [0.05, 0.1) is 12.4 Å². The first kappa shape index (κ1) is 15.1. The normalized spacial score (nSPS) is 12.4. The van der Waals surface area contributed by atoms with Gasteiger partial charge >= 0.3 is 0 Å². The van der Waals surface area contributed by atoms with E-state index in [4.69, 9.17) is 4.74 Å². The number of aromatic nitrogens is 2. The molecule has 0 aliphatic rings. The van der Waals surface area contributed by atoms with Crippen LogP contribution in [0.15, 0.2) is 35.1 Å². The van der Waals surface area contributed by atoms with Gasteiger partial charge in [-0.05, 0) is 37.6 Å². The van der Waals surface area contributed by atoms with E-state index in [9.17, 15) is 0 Å². The molecule has 0 aliphatic carbocycles. The lowest BCUT2D eigenvalue weighted by Crippen LogP contribution is -2.19. The zero-order valence-corrected chi connectivity index (χ0v) is 13.6. The quantitative estimate of drug-likeness (QED) is 0.864. The smallest absolute Gasteiger partial charge is 0.165 e. The Kier molecular flexibility index (Phi) is 5.20. The van der Waals surface area contributed by atoms with Gasteiger partial charge < -0.3 is 10.1 Å². The van der Waals surface area contributed by atoms with Crippen LogP contribution in [-0.4, -0.2) is 16.3 Å². The molecular formula is C15H20BrN3O. The lowest BCUT2D eigenvalue weighted by molar-refractivity contribution is 0.480. The zero-order chi connectivity index (χ0) is 14.5. The van der Waals surface area contributed by atoms with Crippen molar-refractivity contribution in [2.45, 2.75) is 26.3 Å². The summed E-state index contributed by atoms with van der Waals surface area (Å²) >= 11 is 3.62. The third-order valence-electron chi connectivity index (χ3n) is 3.06. The Balaban J connectivity index is 2.09. The van der Waals surface area contributed by atoms with Crippen LogP contribution in [-0.2, 0) is 7.05 Å². The second-order valence-corrected chi connectivity index (χ2v) is 5.67. The summed E-state index contributed by atoms with van der Waals surface area (Å²) in [6.45, 7) is 5.35. The standard InChI is InChI=1S/C15H20BrN3O/c1-4-7-17-11(2)14-6-5-12(8-15(14)16)20-13-9-18-19(3)10-13/h5-6,8-11,17H,4,7H2,1-3H3. The van der Waals surface area contributed by atoms with Gasteiger partial charge in [-0.15, -0.1) is 0 Å². The van der Waals surface area contributed by atoms with Gasteiger partial charge in [0.25, 0.3) is 0 Å². The van der Waals surface area contributed by atoms with Crippen LogP contribution in [0.4, 0.5) is 0 Å². The summed E-state index contributed by atoms with van der Waals surface area (Å²) in [5.74, 6) is 1.54. The Morgan fingerprint density at radius 1 is 1.40 bits per heavy atom. The van der Waals surface area contributed by atoms with Gasteiger partial charge in [-0.2, -0.15) is 5.10 Å². The van der Waals surface area contributed by atoms with Crippen molar-refractivity contribution >= 4 is 15.9 Å². The molecule has 0 spiro atoms. The van der Waals surface area contributed by atoms with Crippen molar-refractivity contribution in [2.75, 3.05) is 6.54 Å². The fourth-order valence-electron chi connectivity index (χ4n) is 1.98. The van der Waals surface area contributed by atoms with E-state index in [-0.39, 0.29) is 0 Å². The topological polar surface area (TPSA) is 39.1 Å².